The number of carboxylic acids is 1. The van der Waals surface area contributed by atoms with Gasteiger partial charge in [-0.25, -0.2) is 4.79 Å². The molecule has 0 aliphatic carbocycles. The summed E-state index contributed by atoms with van der Waals surface area (Å²) in [5.74, 6) is -0.686. The average molecular weight is 432 g/mol. The molecule has 0 radical (unpaired) electrons. The van der Waals surface area contributed by atoms with Crippen molar-refractivity contribution in [1.29, 1.82) is 0 Å². The van der Waals surface area contributed by atoms with Crippen molar-refractivity contribution in [1.82, 2.24) is 4.90 Å². The number of thiocarbonyl (C=S) groups is 1. The summed E-state index contributed by atoms with van der Waals surface area (Å²) < 4.78 is 5.91. The van der Waals surface area contributed by atoms with Crippen molar-refractivity contribution < 1.29 is 24.0 Å². The Morgan fingerprint density at radius 3 is 2.62 bits per heavy atom. The summed E-state index contributed by atoms with van der Waals surface area (Å²) in [5, 5.41) is 20.2. The molecule has 1 amide bonds. The van der Waals surface area contributed by atoms with Crippen LogP contribution in [0.3, 0.4) is 0 Å². The maximum absolute atomic E-state index is 12.7. The van der Waals surface area contributed by atoms with Gasteiger partial charge in [-0.15, -0.1) is 0 Å². The van der Waals surface area contributed by atoms with E-state index < -0.39 is 22.8 Å². The molecule has 0 bridgehead atoms. The number of hydrogen-bond donors (Lipinski definition) is 1. The second-order valence-corrected chi connectivity index (χ2v) is 7.88. The average Bonchev–Trinajstić information content (AvgIpc) is 3.25. The number of nitro benzene ring substituents is 1. The number of rotatable bonds is 7. The molecule has 29 heavy (non-hydrogen) atoms. The van der Waals surface area contributed by atoms with Gasteiger partial charge in [-0.05, 0) is 30.7 Å². The molecule has 150 valence electrons. The monoisotopic (exact) mass is 432 g/mol. The number of furan rings is 1. The van der Waals surface area contributed by atoms with Crippen LogP contribution in [0.5, 0.6) is 0 Å². The Balaban J connectivity index is 1.82. The van der Waals surface area contributed by atoms with Crippen LogP contribution < -0.4 is 0 Å². The first-order chi connectivity index (χ1) is 13.8. The number of carbonyl (C=O) groups is 2. The fourth-order valence-corrected chi connectivity index (χ4v) is 4.18. The summed E-state index contributed by atoms with van der Waals surface area (Å²) >= 11 is 6.24. The molecule has 1 aromatic carbocycles. The lowest BCUT2D eigenvalue weighted by molar-refractivity contribution is -0.384. The number of benzene rings is 1. The molecule has 1 aromatic heterocycles. The highest BCUT2D eigenvalue weighted by Crippen LogP contribution is 2.35. The Kier molecular flexibility index (Phi) is 6.14. The second-order valence-electron chi connectivity index (χ2n) is 6.20. The van der Waals surface area contributed by atoms with E-state index in [1.165, 1.54) is 18.2 Å². The highest BCUT2D eigenvalue weighted by molar-refractivity contribution is 8.26. The van der Waals surface area contributed by atoms with E-state index in [2.05, 4.69) is 0 Å². The lowest BCUT2D eigenvalue weighted by Gasteiger charge is -2.22. The maximum Gasteiger partial charge on any atom is 0.326 e. The van der Waals surface area contributed by atoms with Gasteiger partial charge in [0.1, 0.15) is 21.9 Å². The van der Waals surface area contributed by atoms with E-state index in [0.29, 0.717) is 29.9 Å². The fourth-order valence-electron chi connectivity index (χ4n) is 2.85. The van der Waals surface area contributed by atoms with Crippen LogP contribution >= 0.6 is 24.0 Å². The molecular formula is C19H16N2O6S2. The van der Waals surface area contributed by atoms with Crippen molar-refractivity contribution in [3.05, 3.63) is 57.2 Å². The Morgan fingerprint density at radius 1 is 1.34 bits per heavy atom. The van der Waals surface area contributed by atoms with Gasteiger partial charge in [-0.1, -0.05) is 37.3 Å². The zero-order valence-electron chi connectivity index (χ0n) is 15.2. The highest BCUT2D eigenvalue weighted by Gasteiger charge is 2.40. The summed E-state index contributed by atoms with van der Waals surface area (Å²) in [6.07, 6.45) is 2.42. The standard InChI is InChI=1S/C19H16N2O6S2/c1-2-3-14(18(23)24)20-17(22)16(29-19(20)28)10-13-8-9-15(27-13)11-4-6-12(7-5-11)21(25)26/h4-10,14H,2-3H2,1H3,(H,23,24). The van der Waals surface area contributed by atoms with Gasteiger partial charge in [-0.3, -0.25) is 19.8 Å². The molecule has 3 rings (SSSR count). The third kappa shape index (κ3) is 4.38. The minimum atomic E-state index is -1.09. The van der Waals surface area contributed by atoms with Gasteiger partial charge in [-0.2, -0.15) is 0 Å². The Labute approximate surface area is 175 Å². The van der Waals surface area contributed by atoms with E-state index in [4.69, 9.17) is 16.6 Å². The van der Waals surface area contributed by atoms with Crippen LogP contribution in [-0.4, -0.2) is 37.2 Å². The van der Waals surface area contributed by atoms with Crippen molar-refractivity contribution in [2.75, 3.05) is 0 Å². The van der Waals surface area contributed by atoms with Gasteiger partial charge >= 0.3 is 5.97 Å². The zero-order chi connectivity index (χ0) is 21.1. The number of hydrogen-bond acceptors (Lipinski definition) is 7. The zero-order valence-corrected chi connectivity index (χ0v) is 16.9. The molecule has 1 aliphatic heterocycles. The quantitative estimate of drug-likeness (QED) is 0.298. The predicted octanol–water partition coefficient (Wildman–Crippen LogP) is 4.31. The van der Waals surface area contributed by atoms with Crippen LogP contribution in [0.15, 0.2) is 45.7 Å². The van der Waals surface area contributed by atoms with Crippen LogP contribution in [0.25, 0.3) is 17.4 Å². The summed E-state index contributed by atoms with van der Waals surface area (Å²) in [5.41, 5.74) is 0.626. The highest BCUT2D eigenvalue weighted by atomic mass is 32.2. The van der Waals surface area contributed by atoms with E-state index >= 15 is 0 Å². The molecule has 1 N–H and O–H groups in total. The van der Waals surface area contributed by atoms with Gasteiger partial charge in [0, 0.05) is 23.8 Å². The van der Waals surface area contributed by atoms with E-state index in [1.54, 1.807) is 24.3 Å². The summed E-state index contributed by atoms with van der Waals surface area (Å²) in [4.78, 5) is 35.9. The van der Waals surface area contributed by atoms with Gasteiger partial charge in [0.25, 0.3) is 11.6 Å². The first-order valence-corrected chi connectivity index (χ1v) is 9.88. The number of non-ortho nitro benzene ring substituents is 1. The van der Waals surface area contributed by atoms with E-state index in [1.807, 2.05) is 6.92 Å². The van der Waals surface area contributed by atoms with Gasteiger partial charge in [0.15, 0.2) is 0 Å². The van der Waals surface area contributed by atoms with Gasteiger partial charge in [0.05, 0.1) is 9.83 Å². The molecule has 10 heteroatoms. The molecular weight excluding hydrogens is 416 g/mol. The van der Waals surface area contributed by atoms with Crippen LogP contribution in [0.2, 0.25) is 0 Å². The second kappa shape index (κ2) is 8.58. The Hall–Kier alpha value is -2.98. The van der Waals surface area contributed by atoms with E-state index in [9.17, 15) is 24.8 Å². The lowest BCUT2D eigenvalue weighted by Crippen LogP contribution is -2.43. The van der Waals surface area contributed by atoms with Crippen LogP contribution in [0.4, 0.5) is 5.69 Å². The van der Waals surface area contributed by atoms with Crippen molar-refractivity contribution in [2.24, 2.45) is 0 Å². The summed E-state index contributed by atoms with van der Waals surface area (Å²) in [6, 6.07) is 8.25. The molecule has 1 atom stereocenters. The van der Waals surface area contributed by atoms with Crippen LogP contribution in [0, 0.1) is 10.1 Å². The van der Waals surface area contributed by atoms with Crippen molar-refractivity contribution in [3.63, 3.8) is 0 Å². The minimum Gasteiger partial charge on any atom is -0.480 e. The molecule has 1 saturated heterocycles. The molecule has 2 heterocycles. The molecule has 1 unspecified atom stereocenters. The molecule has 1 aliphatic rings. The number of carbonyl (C=O) groups excluding carboxylic acids is 1. The maximum atomic E-state index is 12.7. The van der Waals surface area contributed by atoms with Crippen LogP contribution in [-0.2, 0) is 9.59 Å². The number of amides is 1. The third-order valence-electron chi connectivity index (χ3n) is 4.25. The number of nitrogens with zero attached hydrogens (tertiary/aromatic N) is 2. The largest absolute Gasteiger partial charge is 0.480 e. The number of aliphatic carboxylic acids is 1. The lowest BCUT2D eigenvalue weighted by atomic mass is 10.1. The number of thioether (sulfide) groups is 1. The molecule has 1 fully saturated rings. The number of carboxylic acid groups (broad SMARTS) is 1. The topological polar surface area (TPSA) is 114 Å². The number of nitro groups is 1. The predicted molar refractivity (Wildman–Crippen MR) is 112 cm³/mol. The first kappa shape index (κ1) is 20.7. The first-order valence-electron chi connectivity index (χ1n) is 8.66. The third-order valence-corrected chi connectivity index (χ3v) is 5.58. The Bertz CT molecular complexity index is 1010. The normalized spacial score (nSPS) is 16.4. The molecule has 0 spiro atoms. The molecule has 8 nitrogen and oxygen atoms in total. The molecule has 0 saturated carbocycles. The van der Waals surface area contributed by atoms with Crippen LogP contribution in [0.1, 0.15) is 25.5 Å². The molecule has 2 aromatic rings. The minimum absolute atomic E-state index is 0.0238. The van der Waals surface area contributed by atoms with E-state index in [0.717, 1.165) is 16.7 Å². The van der Waals surface area contributed by atoms with Crippen molar-refractivity contribution in [2.45, 2.75) is 25.8 Å². The van der Waals surface area contributed by atoms with E-state index in [-0.39, 0.29) is 14.9 Å². The summed E-state index contributed by atoms with van der Waals surface area (Å²) in [7, 11) is 0. The smallest absolute Gasteiger partial charge is 0.326 e. The summed E-state index contributed by atoms with van der Waals surface area (Å²) in [6.45, 7) is 1.84. The van der Waals surface area contributed by atoms with Gasteiger partial charge in [0.2, 0.25) is 0 Å². The van der Waals surface area contributed by atoms with Crippen molar-refractivity contribution in [3.8, 4) is 11.3 Å². The Morgan fingerprint density at radius 2 is 2.03 bits per heavy atom. The fraction of sp³-hybridized carbons (Fsp3) is 0.211. The SMILES string of the molecule is CCCC(C(=O)O)N1C(=O)C(=Cc2ccc(-c3ccc([N+](=O)[O-])cc3)o2)SC1=S. The van der Waals surface area contributed by atoms with Gasteiger partial charge < -0.3 is 9.52 Å². The van der Waals surface area contributed by atoms with Crippen molar-refractivity contribution >= 4 is 51.9 Å².